The van der Waals surface area contributed by atoms with Crippen LogP contribution in [0.2, 0.25) is 0 Å². The van der Waals surface area contributed by atoms with Crippen LogP contribution < -0.4 is 0 Å². The Kier molecular flexibility index (Phi) is 16.4. The van der Waals surface area contributed by atoms with Crippen molar-refractivity contribution in [1.82, 2.24) is 0 Å². The van der Waals surface area contributed by atoms with Gasteiger partial charge in [-0.05, 0) is 295 Å². The van der Waals surface area contributed by atoms with Gasteiger partial charge >= 0.3 is 0 Å². The van der Waals surface area contributed by atoms with Crippen molar-refractivity contribution in [3.63, 3.8) is 0 Å². The summed E-state index contributed by atoms with van der Waals surface area (Å²) in [7, 11) is 0. The van der Waals surface area contributed by atoms with Gasteiger partial charge in [0.1, 0.15) is 28.0 Å². The average Bonchev–Trinajstić information content (AvgIpc) is 1.47. The minimum atomic E-state index is -0.956. The Labute approximate surface area is 564 Å². The van der Waals surface area contributed by atoms with Crippen LogP contribution in [-0.4, -0.2) is 72.4 Å². The molecule has 0 radical (unpaired) electrons. The topological polar surface area (TPSA) is 145 Å². The van der Waals surface area contributed by atoms with E-state index in [1.54, 1.807) is 17.2 Å². The molecular weight excluding hydrogens is 1160 g/mol. The number of hydrogen-bond acceptors (Lipinski definition) is 8. The molecule has 15 unspecified atom stereocenters. The molecule has 4 N–H and O–H groups in total. The van der Waals surface area contributed by atoms with Crippen LogP contribution in [-0.2, 0) is 19.1 Å². The van der Waals surface area contributed by atoms with Gasteiger partial charge in [0.05, 0.1) is 6.61 Å². The molecule has 12 fully saturated rings. The smallest absolute Gasteiger partial charge is 0.178 e. The van der Waals surface area contributed by atoms with Crippen LogP contribution in [0.3, 0.4) is 0 Å². The van der Waals surface area contributed by atoms with Crippen molar-refractivity contribution in [1.29, 1.82) is 0 Å². The van der Waals surface area contributed by atoms with Gasteiger partial charge in [0.25, 0.3) is 0 Å². The molecule has 27 atom stereocenters. The fourth-order valence-electron chi connectivity index (χ4n) is 26.8. The van der Waals surface area contributed by atoms with Gasteiger partial charge in [-0.3, -0.25) is 14.4 Å². The Balaban J connectivity index is 0.000000108. The summed E-state index contributed by atoms with van der Waals surface area (Å²) in [5.74, 6) is 22.0. The normalized spacial score (nSPS) is 51.5. The van der Waals surface area contributed by atoms with Gasteiger partial charge in [-0.15, -0.1) is 25.7 Å². The molecule has 0 amide bonds. The molecular formula is C86H110O8. The van der Waals surface area contributed by atoms with E-state index in [1.165, 1.54) is 48.0 Å². The number of rotatable bonds is 0. The van der Waals surface area contributed by atoms with E-state index in [0.29, 0.717) is 107 Å². The predicted molar refractivity (Wildman–Crippen MR) is 370 cm³/mol. The molecule has 1 saturated heterocycles. The first-order valence-electron chi connectivity index (χ1n) is 37.5. The first kappa shape index (κ1) is 66.5. The zero-order chi connectivity index (χ0) is 66.8. The summed E-state index contributed by atoms with van der Waals surface area (Å²) in [5, 5.41) is 44.1. The molecule has 17 aliphatic rings. The summed E-state index contributed by atoms with van der Waals surface area (Å²) in [5.41, 5.74) is 5.66. The number of aliphatic hydroxyl groups is 4. The summed E-state index contributed by atoms with van der Waals surface area (Å²) in [6.45, 7) is 23.6. The van der Waals surface area contributed by atoms with Crippen LogP contribution in [0.15, 0.2) is 82.0 Å². The minimum Gasteiger partial charge on any atom is -0.377 e. The lowest BCUT2D eigenvalue weighted by molar-refractivity contribution is -0.117. The molecule has 16 aliphatic carbocycles. The third-order valence-electron chi connectivity index (χ3n) is 32.2. The Morgan fingerprint density at radius 1 is 0.511 bits per heavy atom. The van der Waals surface area contributed by atoms with Crippen LogP contribution in [0.5, 0.6) is 0 Å². The lowest BCUT2D eigenvalue weighted by Crippen LogP contribution is -2.54. The Bertz CT molecular complexity index is 3570. The highest BCUT2D eigenvalue weighted by Crippen LogP contribution is 2.71. The van der Waals surface area contributed by atoms with Crippen molar-refractivity contribution in [3.8, 4) is 49.4 Å². The zero-order valence-electron chi connectivity index (χ0n) is 58.2. The van der Waals surface area contributed by atoms with Gasteiger partial charge in [0.2, 0.25) is 0 Å². The summed E-state index contributed by atoms with van der Waals surface area (Å²) in [6, 6.07) is 0. The van der Waals surface area contributed by atoms with E-state index in [4.69, 9.17) is 30.4 Å². The lowest BCUT2D eigenvalue weighted by Gasteiger charge is -2.57. The van der Waals surface area contributed by atoms with Crippen molar-refractivity contribution in [3.05, 3.63) is 82.0 Å². The van der Waals surface area contributed by atoms with Crippen LogP contribution in [0.4, 0.5) is 0 Å². The number of ether oxygens (including phenoxy) is 1. The first-order valence-corrected chi connectivity index (χ1v) is 37.5. The van der Waals surface area contributed by atoms with Crippen LogP contribution in [0, 0.1) is 178 Å². The van der Waals surface area contributed by atoms with Crippen LogP contribution >= 0.6 is 0 Å². The van der Waals surface area contributed by atoms with Crippen molar-refractivity contribution in [2.75, 3.05) is 6.61 Å². The molecule has 1 aliphatic heterocycles. The molecule has 0 aromatic heterocycles. The van der Waals surface area contributed by atoms with Crippen molar-refractivity contribution >= 4 is 17.3 Å². The predicted octanol–water partition coefficient (Wildman–Crippen LogP) is 15.2. The van der Waals surface area contributed by atoms with Gasteiger partial charge in [-0.2, -0.15) is 0 Å². The molecule has 0 aromatic carbocycles. The molecule has 94 heavy (non-hydrogen) atoms. The molecule has 1 heterocycles. The highest BCUT2D eigenvalue weighted by Gasteiger charge is 2.68. The maximum atomic E-state index is 11.9. The Morgan fingerprint density at radius 3 is 1.57 bits per heavy atom. The second-order valence-electron chi connectivity index (χ2n) is 35.6. The number of ketones is 3. The quantitative estimate of drug-likeness (QED) is 0.107. The molecule has 1 spiro atoms. The zero-order valence-corrected chi connectivity index (χ0v) is 58.2. The number of terminal acetylenes is 4. The summed E-state index contributed by atoms with van der Waals surface area (Å²) >= 11 is 0. The molecule has 8 heteroatoms. The van der Waals surface area contributed by atoms with E-state index in [2.05, 4.69) is 97.8 Å². The van der Waals surface area contributed by atoms with Gasteiger partial charge in [-0.25, -0.2) is 0 Å². The minimum absolute atomic E-state index is 0.0755. The van der Waals surface area contributed by atoms with Crippen LogP contribution in [0.1, 0.15) is 216 Å². The van der Waals surface area contributed by atoms with Crippen molar-refractivity contribution in [2.45, 2.75) is 244 Å². The number of hydrogen-bond donors (Lipinski definition) is 4. The standard InChI is InChI=1S/C22H30O2.C22H28O2.2C21H26O2/c1-4-22(23)10-7-18-19-14(2)11-15-12-21(13-24-21)9-6-16(15)17(19)5-8-20(18,22)3;1-5-22(24)11-9-19-20-14(3)13(2)18-12-15(23)6-7-16(18)17(20)8-10-21(19,22)4;2*1-4-21(23)10-8-18-19-13(2)11-14-12-15(22)5-6-16(14)17(19)7-9-20(18,21)3/h1,12,14,16-19,23H,5-11,13H2,2-3H3;1,12,14,16-17,19-20,24H,2,6-11H2,3-4H3;1,12-13,18-19,23H,5-11H2,2-3H3;1,5-6,12-13,16-19,23H,7-11H2,2-3H3/t14-,16?,17?,18?,19?,20+,21?,22+;14-,16?,17?,19?,20?,21+,22+;13-,18?,19?,20+,21+;13-,16?,17?,18?,19?,20+,21+/m1111/s1. The number of epoxide rings is 1. The molecule has 0 bridgehead atoms. The molecule has 0 aromatic rings. The summed E-state index contributed by atoms with van der Waals surface area (Å²) in [6.07, 6.45) is 59.8. The third kappa shape index (κ3) is 9.73. The largest absolute Gasteiger partial charge is 0.377 e. The second-order valence-corrected chi connectivity index (χ2v) is 35.6. The van der Waals surface area contributed by atoms with Crippen molar-refractivity contribution < 1.29 is 39.5 Å². The number of carbonyl (C=O) groups is 3. The monoisotopic (exact) mass is 1270 g/mol. The first-order chi connectivity index (χ1) is 44.5. The van der Waals surface area contributed by atoms with Gasteiger partial charge in [0, 0.05) is 40.4 Å². The second kappa shape index (κ2) is 23.2. The molecule has 8 nitrogen and oxygen atoms in total. The summed E-state index contributed by atoms with van der Waals surface area (Å²) < 4.78 is 5.75. The van der Waals surface area contributed by atoms with E-state index < -0.39 is 22.4 Å². The highest BCUT2D eigenvalue weighted by atomic mass is 16.6. The van der Waals surface area contributed by atoms with Crippen LogP contribution in [0.25, 0.3) is 0 Å². The SMILES string of the molecule is C#C[C@]1(O)CCC2C3C(=C4CCC(=O)C=C4C[C@H]3C)CC[C@@]21C.C#C[C@]1(O)CCC2C3C(CC[C@@]21C)C1C=CC(=O)C=C1C[C@H]3C.C#C[C@]1(O)CCC2C3C(CC[C@@]21C)C1CCC(=O)C=C1C(=C)[C@H]3C.C#C[C@]1(O)CCC2C3C(CC[C@@]21C)C1CCC2(C=C1C[C@H]3C)CO2. The maximum Gasteiger partial charge on any atom is 0.178 e. The number of fused-ring (bicyclic) bond motifs is 19. The molecule has 17 rings (SSSR count). The number of carbonyl (C=O) groups excluding carboxylic acids is 3. The maximum absolute atomic E-state index is 11.9. The van der Waals surface area contributed by atoms with E-state index >= 15 is 0 Å². The van der Waals surface area contributed by atoms with Crippen molar-refractivity contribution in [2.24, 2.45) is 128 Å². The Morgan fingerprint density at radius 2 is 1.01 bits per heavy atom. The highest BCUT2D eigenvalue weighted by molar-refractivity contribution is 6.01. The van der Waals surface area contributed by atoms with Gasteiger partial charge in [-0.1, -0.05) is 115 Å². The fraction of sp³-hybridized carbons (Fsp3) is 0.709. The van der Waals surface area contributed by atoms with Gasteiger partial charge in [0.15, 0.2) is 17.3 Å². The molecule has 11 saturated carbocycles. The lowest BCUT2D eigenvalue weighted by atomic mass is 9.47. The van der Waals surface area contributed by atoms with E-state index in [0.717, 1.165) is 152 Å². The van der Waals surface area contributed by atoms with E-state index in [9.17, 15) is 34.8 Å². The van der Waals surface area contributed by atoms with E-state index in [1.807, 2.05) is 18.2 Å². The average molecular weight is 1270 g/mol. The van der Waals surface area contributed by atoms with Gasteiger partial charge < -0.3 is 25.2 Å². The summed E-state index contributed by atoms with van der Waals surface area (Å²) in [4.78, 5) is 35.4. The molecule has 502 valence electrons. The Hall–Kier alpha value is -4.77. The number of allylic oxidation sites excluding steroid dienone is 11. The third-order valence-corrected chi connectivity index (χ3v) is 32.2. The fourth-order valence-corrected chi connectivity index (χ4v) is 26.8. The van der Waals surface area contributed by atoms with E-state index in [-0.39, 0.29) is 38.8 Å².